The van der Waals surface area contributed by atoms with Crippen LogP contribution in [0.25, 0.3) is 0 Å². The number of hydrogen-bond donors (Lipinski definition) is 1. The molecule has 0 aromatic heterocycles. The Morgan fingerprint density at radius 1 is 1.57 bits per heavy atom. The largest absolute Gasteiger partial charge is 0.305 e. The molecule has 0 bridgehead atoms. The smallest absolute Gasteiger partial charge is 0.229 e. The second-order valence-corrected chi connectivity index (χ2v) is 4.59. The lowest BCUT2D eigenvalue weighted by Crippen LogP contribution is -2.33. The molecule has 0 spiro atoms. The first kappa shape index (κ1) is 9.77. The van der Waals surface area contributed by atoms with Crippen LogP contribution in [-0.2, 0) is 4.79 Å². The van der Waals surface area contributed by atoms with E-state index in [1.54, 1.807) is 11.8 Å². The number of allylic oxidation sites excluding steroid dienone is 2. The molecule has 4 heteroatoms. The first-order valence-electron chi connectivity index (χ1n) is 4.99. The lowest BCUT2D eigenvalue weighted by atomic mass is 9.94. The van der Waals surface area contributed by atoms with E-state index in [4.69, 9.17) is 0 Å². The summed E-state index contributed by atoms with van der Waals surface area (Å²) in [5.41, 5.74) is 0. The molecule has 0 saturated carbocycles. The molecule has 1 aliphatic heterocycles. The Bertz CT molecular complexity index is 286. The molecule has 1 aliphatic carbocycles. The van der Waals surface area contributed by atoms with Gasteiger partial charge in [0, 0.05) is 11.7 Å². The lowest BCUT2D eigenvalue weighted by molar-refractivity contribution is -0.123. The van der Waals surface area contributed by atoms with Crippen LogP contribution in [0.15, 0.2) is 17.1 Å². The van der Waals surface area contributed by atoms with Gasteiger partial charge in [0.05, 0.1) is 6.54 Å². The minimum Gasteiger partial charge on any atom is -0.305 e. The highest BCUT2D eigenvalue weighted by Crippen LogP contribution is 2.19. The van der Waals surface area contributed by atoms with E-state index < -0.39 is 0 Å². The molecule has 0 fully saturated rings. The van der Waals surface area contributed by atoms with E-state index in [0.29, 0.717) is 0 Å². The highest BCUT2D eigenvalue weighted by atomic mass is 32.2. The van der Waals surface area contributed by atoms with Crippen LogP contribution in [0.4, 0.5) is 0 Å². The second-order valence-electron chi connectivity index (χ2n) is 3.51. The molecule has 1 atom stereocenters. The zero-order valence-electron chi connectivity index (χ0n) is 8.03. The minimum absolute atomic E-state index is 0.141. The molecule has 14 heavy (non-hydrogen) atoms. The number of thioether (sulfide) groups is 1. The maximum atomic E-state index is 11.7. The lowest BCUT2D eigenvalue weighted by Gasteiger charge is -2.16. The molecule has 2 aliphatic rings. The number of amidine groups is 1. The standard InChI is InChI=1S/C10H14N2OS/c13-9(8-4-2-1-3-5-8)12-10-11-6-7-14-10/h1-2,8H,3-7H2,(H,11,12,13)/t8-/m0/s1. The van der Waals surface area contributed by atoms with Crippen molar-refractivity contribution >= 4 is 22.8 Å². The van der Waals surface area contributed by atoms with Crippen LogP contribution < -0.4 is 5.32 Å². The summed E-state index contributed by atoms with van der Waals surface area (Å²) in [4.78, 5) is 15.9. The number of carbonyl (C=O) groups is 1. The van der Waals surface area contributed by atoms with E-state index in [-0.39, 0.29) is 11.8 Å². The van der Waals surface area contributed by atoms with Crippen molar-refractivity contribution in [1.29, 1.82) is 0 Å². The number of hydrogen-bond acceptors (Lipinski definition) is 3. The zero-order chi connectivity index (χ0) is 9.80. The number of aliphatic imine (C=N–C) groups is 1. The molecular weight excluding hydrogens is 196 g/mol. The summed E-state index contributed by atoms with van der Waals surface area (Å²) in [7, 11) is 0. The van der Waals surface area contributed by atoms with Gasteiger partial charge in [-0.2, -0.15) is 0 Å². The average Bonchev–Trinajstić information content (AvgIpc) is 2.72. The number of nitrogens with one attached hydrogen (secondary N) is 1. The van der Waals surface area contributed by atoms with Crippen LogP contribution in [0.1, 0.15) is 19.3 Å². The fraction of sp³-hybridized carbons (Fsp3) is 0.600. The van der Waals surface area contributed by atoms with E-state index in [1.807, 2.05) is 0 Å². The molecule has 3 nitrogen and oxygen atoms in total. The fourth-order valence-corrected chi connectivity index (χ4v) is 2.38. The van der Waals surface area contributed by atoms with Crippen LogP contribution in [0, 0.1) is 5.92 Å². The van der Waals surface area contributed by atoms with E-state index in [2.05, 4.69) is 22.5 Å². The average molecular weight is 210 g/mol. The van der Waals surface area contributed by atoms with Crippen molar-refractivity contribution in [2.75, 3.05) is 12.3 Å². The highest BCUT2D eigenvalue weighted by molar-refractivity contribution is 8.14. The maximum absolute atomic E-state index is 11.7. The van der Waals surface area contributed by atoms with E-state index in [1.165, 1.54) is 0 Å². The third-order valence-corrected chi connectivity index (χ3v) is 3.35. The Labute approximate surface area is 88.1 Å². The number of carbonyl (C=O) groups excluding carboxylic acids is 1. The Kier molecular flexibility index (Phi) is 3.24. The summed E-state index contributed by atoms with van der Waals surface area (Å²) >= 11 is 1.63. The molecule has 1 amide bonds. The van der Waals surface area contributed by atoms with Gasteiger partial charge in [-0.25, -0.2) is 0 Å². The third kappa shape index (κ3) is 2.38. The van der Waals surface area contributed by atoms with Crippen molar-refractivity contribution in [3.63, 3.8) is 0 Å². The molecule has 0 aromatic carbocycles. The van der Waals surface area contributed by atoms with Crippen molar-refractivity contribution in [2.45, 2.75) is 19.3 Å². The number of rotatable bonds is 1. The summed E-state index contributed by atoms with van der Waals surface area (Å²) in [6.45, 7) is 0.838. The molecule has 0 saturated heterocycles. The van der Waals surface area contributed by atoms with Crippen molar-refractivity contribution in [1.82, 2.24) is 5.32 Å². The Morgan fingerprint density at radius 3 is 3.14 bits per heavy atom. The quantitative estimate of drug-likeness (QED) is 0.667. The van der Waals surface area contributed by atoms with E-state index in [9.17, 15) is 4.79 Å². The number of amides is 1. The normalized spacial score (nSPS) is 26.0. The van der Waals surface area contributed by atoms with Gasteiger partial charge in [0.1, 0.15) is 0 Å². The topological polar surface area (TPSA) is 41.5 Å². The monoisotopic (exact) mass is 210 g/mol. The molecule has 2 rings (SSSR count). The summed E-state index contributed by atoms with van der Waals surface area (Å²) in [5, 5.41) is 3.70. The van der Waals surface area contributed by atoms with Crippen molar-refractivity contribution in [3.05, 3.63) is 12.2 Å². The van der Waals surface area contributed by atoms with Crippen molar-refractivity contribution in [3.8, 4) is 0 Å². The van der Waals surface area contributed by atoms with Crippen molar-refractivity contribution < 1.29 is 4.79 Å². The first-order chi connectivity index (χ1) is 6.86. The van der Waals surface area contributed by atoms with Gasteiger partial charge in [-0.15, -0.1) is 0 Å². The minimum atomic E-state index is 0.141. The van der Waals surface area contributed by atoms with Gasteiger partial charge in [0.25, 0.3) is 0 Å². The summed E-state index contributed by atoms with van der Waals surface area (Å²) < 4.78 is 0. The fourth-order valence-electron chi connectivity index (χ4n) is 1.65. The van der Waals surface area contributed by atoms with Crippen LogP contribution in [0.5, 0.6) is 0 Å². The molecule has 0 unspecified atom stereocenters. The Hall–Kier alpha value is -0.770. The number of nitrogens with zero attached hydrogens (tertiary/aromatic N) is 1. The SMILES string of the molecule is O=C(NC1=NCCS1)[C@H]1CC=CCC1. The molecule has 1 heterocycles. The van der Waals surface area contributed by atoms with Crippen LogP contribution >= 0.6 is 11.8 Å². The third-order valence-electron chi connectivity index (χ3n) is 2.46. The van der Waals surface area contributed by atoms with E-state index in [0.717, 1.165) is 36.7 Å². The second kappa shape index (κ2) is 4.64. The van der Waals surface area contributed by atoms with Gasteiger partial charge in [-0.3, -0.25) is 9.79 Å². The van der Waals surface area contributed by atoms with Gasteiger partial charge in [0.2, 0.25) is 5.91 Å². The Morgan fingerprint density at radius 2 is 2.50 bits per heavy atom. The van der Waals surface area contributed by atoms with Crippen LogP contribution in [0.3, 0.4) is 0 Å². The summed E-state index contributed by atoms with van der Waals surface area (Å²) in [6.07, 6.45) is 7.12. The predicted molar refractivity (Wildman–Crippen MR) is 59.4 cm³/mol. The predicted octanol–water partition coefficient (Wildman–Crippen LogP) is 1.56. The maximum Gasteiger partial charge on any atom is 0.229 e. The molecule has 76 valence electrons. The van der Waals surface area contributed by atoms with Gasteiger partial charge >= 0.3 is 0 Å². The molecule has 1 N–H and O–H groups in total. The highest BCUT2D eigenvalue weighted by Gasteiger charge is 2.20. The summed E-state index contributed by atoms with van der Waals surface area (Å²) in [5.74, 6) is 1.30. The summed E-state index contributed by atoms with van der Waals surface area (Å²) in [6, 6.07) is 0. The molecule has 0 aromatic rings. The first-order valence-corrected chi connectivity index (χ1v) is 5.98. The van der Waals surface area contributed by atoms with Crippen LogP contribution in [0.2, 0.25) is 0 Å². The Balaban J connectivity index is 1.85. The molecule has 0 radical (unpaired) electrons. The van der Waals surface area contributed by atoms with Crippen molar-refractivity contribution in [2.24, 2.45) is 10.9 Å². The van der Waals surface area contributed by atoms with Gasteiger partial charge < -0.3 is 5.32 Å². The van der Waals surface area contributed by atoms with Gasteiger partial charge in [0.15, 0.2) is 5.17 Å². The molecular formula is C10H14N2OS. The van der Waals surface area contributed by atoms with Crippen LogP contribution in [-0.4, -0.2) is 23.4 Å². The van der Waals surface area contributed by atoms with Gasteiger partial charge in [-0.05, 0) is 19.3 Å². The van der Waals surface area contributed by atoms with Gasteiger partial charge in [-0.1, -0.05) is 23.9 Å². The zero-order valence-corrected chi connectivity index (χ0v) is 8.85. The van der Waals surface area contributed by atoms with E-state index >= 15 is 0 Å².